The molecular weight excluding hydrogens is 218 g/mol. The molecule has 1 unspecified atom stereocenters. The summed E-state index contributed by atoms with van der Waals surface area (Å²) in [6.07, 6.45) is 3.80. The van der Waals surface area contributed by atoms with E-state index in [0.717, 1.165) is 5.69 Å². The molecule has 0 amide bonds. The number of nitrogens with one attached hydrogen (secondary N) is 1. The number of nitrogens with zero attached hydrogens (tertiary/aromatic N) is 4. The molecule has 2 rings (SSSR count). The lowest BCUT2D eigenvalue weighted by molar-refractivity contribution is 0.446. The Kier molecular flexibility index (Phi) is 2.84. The summed E-state index contributed by atoms with van der Waals surface area (Å²) in [6.45, 7) is 4.13. The predicted octanol–water partition coefficient (Wildman–Crippen LogP) is -0.435. The van der Waals surface area contributed by atoms with E-state index in [1.54, 1.807) is 0 Å². The van der Waals surface area contributed by atoms with Crippen LogP contribution in [-0.2, 0) is 6.42 Å². The Balaban J connectivity index is 2.14. The maximum atomic E-state index is 6.01. The molecule has 0 bridgehead atoms. The Morgan fingerprint density at radius 1 is 1.53 bits per heavy atom. The average Bonchev–Trinajstić information content (AvgIpc) is 2.64. The minimum atomic E-state index is -1.05. The zero-order valence-corrected chi connectivity index (χ0v) is 9.96. The number of aromatic nitrogens is 2. The fraction of sp³-hybridized carbons (Fsp3) is 0.500. The summed E-state index contributed by atoms with van der Waals surface area (Å²) in [5, 5.41) is 7.08. The van der Waals surface area contributed by atoms with E-state index in [-0.39, 0.29) is 5.96 Å². The second kappa shape index (κ2) is 4.17. The summed E-state index contributed by atoms with van der Waals surface area (Å²) < 4.78 is 1.87. The summed E-state index contributed by atoms with van der Waals surface area (Å²) in [5.74, 6) is -0.781. The molecule has 7 nitrogen and oxygen atoms in total. The molecule has 5 N–H and O–H groups in total. The largest absolute Gasteiger partial charge is 0.370 e. The maximum absolute atomic E-state index is 6.01. The zero-order valence-electron chi connectivity index (χ0n) is 9.96. The zero-order chi connectivity index (χ0) is 12.5. The van der Waals surface area contributed by atoms with Crippen molar-refractivity contribution in [1.29, 1.82) is 0 Å². The highest BCUT2D eigenvalue weighted by atomic mass is 15.3. The average molecular weight is 235 g/mol. The van der Waals surface area contributed by atoms with E-state index in [0.29, 0.717) is 12.5 Å². The normalized spacial score (nSPS) is 23.6. The molecule has 1 aromatic heterocycles. The van der Waals surface area contributed by atoms with Gasteiger partial charge in [0.05, 0.1) is 18.5 Å². The molecule has 0 saturated heterocycles. The van der Waals surface area contributed by atoms with Gasteiger partial charge in [-0.2, -0.15) is 5.10 Å². The van der Waals surface area contributed by atoms with E-state index in [1.165, 1.54) is 6.34 Å². The topological polar surface area (TPSA) is 107 Å². The van der Waals surface area contributed by atoms with Crippen LogP contribution in [0.2, 0.25) is 0 Å². The first kappa shape index (κ1) is 11.6. The van der Waals surface area contributed by atoms with E-state index in [9.17, 15) is 0 Å². The van der Waals surface area contributed by atoms with Gasteiger partial charge >= 0.3 is 0 Å². The summed E-state index contributed by atoms with van der Waals surface area (Å²) in [4.78, 5) is 8.16. The van der Waals surface area contributed by atoms with E-state index in [2.05, 4.69) is 34.2 Å². The second-order valence-corrected chi connectivity index (χ2v) is 4.34. The minimum absolute atomic E-state index is 0.269. The number of rotatable bonds is 3. The maximum Gasteiger partial charge on any atom is 0.213 e. The highest BCUT2D eigenvalue weighted by Gasteiger charge is 2.26. The Morgan fingerprint density at radius 2 is 2.29 bits per heavy atom. The highest BCUT2D eigenvalue weighted by Crippen LogP contribution is 2.15. The van der Waals surface area contributed by atoms with Gasteiger partial charge in [0, 0.05) is 12.2 Å². The molecule has 0 fully saturated rings. The quantitative estimate of drug-likeness (QED) is 0.660. The van der Waals surface area contributed by atoms with Crippen molar-refractivity contribution in [2.24, 2.45) is 21.5 Å². The van der Waals surface area contributed by atoms with Crippen molar-refractivity contribution in [3.8, 4) is 0 Å². The predicted molar refractivity (Wildman–Crippen MR) is 66.5 cm³/mol. The summed E-state index contributed by atoms with van der Waals surface area (Å²) in [7, 11) is 0. The van der Waals surface area contributed by atoms with Crippen molar-refractivity contribution >= 4 is 12.3 Å². The van der Waals surface area contributed by atoms with Gasteiger partial charge in [-0.25, -0.2) is 9.98 Å². The molecule has 2 heterocycles. The third-order valence-corrected chi connectivity index (χ3v) is 2.45. The molecule has 1 aliphatic heterocycles. The monoisotopic (exact) mass is 235 g/mol. The van der Waals surface area contributed by atoms with Crippen LogP contribution in [0.15, 0.2) is 22.2 Å². The molecule has 17 heavy (non-hydrogen) atoms. The van der Waals surface area contributed by atoms with Gasteiger partial charge in [0.2, 0.25) is 5.79 Å². The fourth-order valence-electron chi connectivity index (χ4n) is 1.59. The molecule has 1 atom stereocenters. The third kappa shape index (κ3) is 2.62. The van der Waals surface area contributed by atoms with Gasteiger partial charge in [0.15, 0.2) is 5.96 Å². The lowest BCUT2D eigenvalue weighted by atomic mass is 10.2. The van der Waals surface area contributed by atoms with Crippen molar-refractivity contribution < 1.29 is 0 Å². The van der Waals surface area contributed by atoms with Crippen LogP contribution in [0.4, 0.5) is 0 Å². The van der Waals surface area contributed by atoms with Crippen LogP contribution in [0, 0.1) is 0 Å². The highest BCUT2D eigenvalue weighted by molar-refractivity contribution is 5.90. The first-order valence-corrected chi connectivity index (χ1v) is 5.47. The van der Waals surface area contributed by atoms with E-state index >= 15 is 0 Å². The summed E-state index contributed by atoms with van der Waals surface area (Å²) >= 11 is 0. The molecular formula is C10H17N7. The van der Waals surface area contributed by atoms with Crippen molar-refractivity contribution in [2.75, 3.05) is 0 Å². The van der Waals surface area contributed by atoms with Crippen LogP contribution in [0.1, 0.15) is 25.6 Å². The number of hydrogen-bond donors (Lipinski definition) is 3. The van der Waals surface area contributed by atoms with Crippen molar-refractivity contribution in [3.05, 3.63) is 18.0 Å². The number of aliphatic imine (C=N–C) groups is 2. The van der Waals surface area contributed by atoms with Crippen LogP contribution in [0.3, 0.4) is 0 Å². The van der Waals surface area contributed by atoms with Crippen LogP contribution < -0.4 is 16.8 Å². The standard InChI is InChI=1S/C10H17N7/c1-7(2)17-4-3-8(16-17)5-10(12)14-6-13-9(11)15-10/h3-4,6-7H,5,12H2,1-2H3,(H3,11,13,14,15). The van der Waals surface area contributed by atoms with Crippen molar-refractivity contribution in [3.63, 3.8) is 0 Å². The lowest BCUT2D eigenvalue weighted by Crippen LogP contribution is -2.47. The van der Waals surface area contributed by atoms with Crippen LogP contribution in [0.5, 0.6) is 0 Å². The van der Waals surface area contributed by atoms with Crippen molar-refractivity contribution in [1.82, 2.24) is 15.1 Å². The first-order chi connectivity index (χ1) is 7.98. The number of nitrogens with two attached hydrogens (primary N) is 2. The van der Waals surface area contributed by atoms with Gasteiger partial charge in [0.1, 0.15) is 0 Å². The Labute approximate surface area is 99.6 Å². The van der Waals surface area contributed by atoms with E-state index in [1.807, 2.05) is 16.9 Å². The number of guanidine groups is 1. The van der Waals surface area contributed by atoms with Gasteiger partial charge in [-0.05, 0) is 19.9 Å². The summed E-state index contributed by atoms with van der Waals surface area (Å²) in [6, 6.07) is 2.24. The molecule has 0 aromatic carbocycles. The SMILES string of the molecule is CC(C)n1ccc(CC2(N)N=CNC(N)=N2)n1. The second-order valence-electron chi connectivity index (χ2n) is 4.34. The van der Waals surface area contributed by atoms with Gasteiger partial charge in [-0.1, -0.05) is 0 Å². The molecule has 0 aliphatic carbocycles. The van der Waals surface area contributed by atoms with Gasteiger partial charge in [-0.3, -0.25) is 10.4 Å². The fourth-order valence-corrected chi connectivity index (χ4v) is 1.59. The van der Waals surface area contributed by atoms with E-state index < -0.39 is 5.79 Å². The Bertz CT molecular complexity index is 459. The van der Waals surface area contributed by atoms with E-state index in [4.69, 9.17) is 11.5 Å². The molecule has 0 saturated carbocycles. The minimum Gasteiger partial charge on any atom is -0.370 e. The van der Waals surface area contributed by atoms with Crippen LogP contribution in [0.25, 0.3) is 0 Å². The lowest BCUT2D eigenvalue weighted by Gasteiger charge is -2.23. The van der Waals surface area contributed by atoms with Crippen molar-refractivity contribution in [2.45, 2.75) is 32.1 Å². The van der Waals surface area contributed by atoms with Crippen LogP contribution in [-0.4, -0.2) is 27.9 Å². The Hall–Kier alpha value is -1.89. The molecule has 1 aromatic rings. The number of hydrogen-bond acceptors (Lipinski definition) is 6. The van der Waals surface area contributed by atoms with Gasteiger partial charge in [0.25, 0.3) is 0 Å². The first-order valence-electron chi connectivity index (χ1n) is 5.47. The molecule has 1 aliphatic rings. The third-order valence-electron chi connectivity index (χ3n) is 2.45. The molecule has 7 heteroatoms. The summed E-state index contributed by atoms with van der Waals surface area (Å²) in [5.41, 5.74) is 12.4. The molecule has 0 radical (unpaired) electrons. The smallest absolute Gasteiger partial charge is 0.213 e. The van der Waals surface area contributed by atoms with Gasteiger partial charge < -0.3 is 11.1 Å². The molecule has 0 spiro atoms. The Morgan fingerprint density at radius 3 is 2.88 bits per heavy atom. The molecule has 92 valence electrons. The van der Waals surface area contributed by atoms with Crippen LogP contribution >= 0.6 is 0 Å². The van der Waals surface area contributed by atoms with Gasteiger partial charge in [-0.15, -0.1) is 0 Å².